The van der Waals surface area contributed by atoms with E-state index in [4.69, 9.17) is 9.72 Å². The summed E-state index contributed by atoms with van der Waals surface area (Å²) in [6.07, 6.45) is 4.01. The van der Waals surface area contributed by atoms with Gasteiger partial charge in [0, 0.05) is 37.3 Å². The lowest BCUT2D eigenvalue weighted by Gasteiger charge is -2.28. The molecule has 0 radical (unpaired) electrons. The number of ether oxygens (including phenoxy) is 1. The van der Waals surface area contributed by atoms with Crippen LogP contribution in [-0.2, 0) is 11.8 Å². The molecule has 2 fully saturated rings. The van der Waals surface area contributed by atoms with E-state index in [9.17, 15) is 4.79 Å². The minimum atomic E-state index is -0.164. The van der Waals surface area contributed by atoms with E-state index in [1.807, 2.05) is 37.4 Å². The lowest BCUT2D eigenvalue weighted by molar-refractivity contribution is 0.101. The number of hydrogen-bond acceptors (Lipinski definition) is 6. The molecule has 2 N–H and O–H groups in total. The minimum Gasteiger partial charge on any atom is -0.378 e. The van der Waals surface area contributed by atoms with Crippen LogP contribution in [-0.4, -0.2) is 56.9 Å². The number of carbonyl (C=O) groups is 1. The molecule has 0 unspecified atom stereocenters. The summed E-state index contributed by atoms with van der Waals surface area (Å²) in [7, 11) is 1.82. The van der Waals surface area contributed by atoms with Gasteiger partial charge in [-0.05, 0) is 49.6 Å². The summed E-state index contributed by atoms with van der Waals surface area (Å²) in [6.45, 7) is 4.96. The van der Waals surface area contributed by atoms with Gasteiger partial charge in [0.1, 0.15) is 11.2 Å². The predicted molar refractivity (Wildman–Crippen MR) is 130 cm³/mol. The van der Waals surface area contributed by atoms with E-state index in [1.54, 1.807) is 11.0 Å². The zero-order valence-corrected chi connectivity index (χ0v) is 19.3. The Kier molecular flexibility index (Phi) is 5.06. The van der Waals surface area contributed by atoms with Crippen molar-refractivity contribution >= 4 is 28.4 Å². The predicted octanol–water partition coefficient (Wildman–Crippen LogP) is 3.63. The quantitative estimate of drug-likeness (QED) is 0.475. The number of hydrogen-bond donors (Lipinski definition) is 2. The first-order valence-electron chi connectivity index (χ1n) is 11.7. The van der Waals surface area contributed by atoms with Crippen LogP contribution in [0.4, 0.5) is 11.5 Å². The molecule has 9 heteroatoms. The van der Waals surface area contributed by atoms with E-state index in [0.717, 1.165) is 71.0 Å². The highest BCUT2D eigenvalue weighted by Crippen LogP contribution is 2.39. The van der Waals surface area contributed by atoms with Gasteiger partial charge < -0.3 is 19.9 Å². The number of rotatable bonds is 5. The third-order valence-corrected chi connectivity index (χ3v) is 6.60. The number of nitrogens with one attached hydrogen (secondary N) is 2. The Hall–Kier alpha value is -3.72. The van der Waals surface area contributed by atoms with Crippen LogP contribution in [0.15, 0.2) is 36.7 Å². The fourth-order valence-corrected chi connectivity index (χ4v) is 4.51. The molecule has 0 spiro atoms. The van der Waals surface area contributed by atoms with Gasteiger partial charge in [0.2, 0.25) is 0 Å². The average Bonchev–Trinajstić information content (AvgIpc) is 3.46. The normalized spacial score (nSPS) is 16.2. The number of fused-ring (bicyclic) bond motifs is 1. The maximum absolute atomic E-state index is 13.0. The van der Waals surface area contributed by atoms with Crippen LogP contribution in [0.1, 0.15) is 40.5 Å². The molecule has 2 aliphatic rings. The Bertz CT molecular complexity index is 1380. The van der Waals surface area contributed by atoms with Crippen LogP contribution in [0.25, 0.3) is 22.3 Å². The van der Waals surface area contributed by atoms with Gasteiger partial charge in [-0.15, -0.1) is 0 Å². The summed E-state index contributed by atoms with van der Waals surface area (Å²) in [6, 6.07) is 9.84. The van der Waals surface area contributed by atoms with Crippen molar-refractivity contribution in [1.82, 2.24) is 24.7 Å². The van der Waals surface area contributed by atoms with Gasteiger partial charge in [-0.25, -0.2) is 9.97 Å². The number of aryl methyl sites for hydroxylation is 2. The molecule has 3 aromatic heterocycles. The average molecular weight is 458 g/mol. The highest BCUT2D eigenvalue weighted by atomic mass is 16.5. The molecule has 0 atom stereocenters. The van der Waals surface area contributed by atoms with Gasteiger partial charge in [-0.2, -0.15) is 5.10 Å². The topological polar surface area (TPSA) is 101 Å². The smallest absolute Gasteiger partial charge is 0.273 e. The van der Waals surface area contributed by atoms with Crippen LogP contribution < -0.4 is 10.2 Å². The molecular weight excluding hydrogens is 430 g/mol. The van der Waals surface area contributed by atoms with Gasteiger partial charge in [0.05, 0.1) is 36.4 Å². The molecule has 1 aromatic carbocycles. The number of nitrogens with zero attached hydrogens (tertiary/aromatic N) is 5. The number of aromatic amines is 1. The third kappa shape index (κ3) is 3.81. The second kappa shape index (κ2) is 8.25. The number of amides is 1. The van der Waals surface area contributed by atoms with Crippen LogP contribution >= 0.6 is 0 Å². The zero-order valence-electron chi connectivity index (χ0n) is 19.3. The van der Waals surface area contributed by atoms with Crippen molar-refractivity contribution in [3.8, 4) is 11.3 Å². The molecule has 1 aliphatic carbocycles. The Morgan fingerprint density at radius 1 is 1.18 bits per heavy atom. The summed E-state index contributed by atoms with van der Waals surface area (Å²) in [5.74, 6) is 1.19. The monoisotopic (exact) mass is 457 g/mol. The standard InChI is InChI=1S/C25H27N7O2/c1-15-3-6-17(28-25(33)22-13-19(16-4-5-16)30-31(22)2)11-18(15)20-12-21-23(27-14-26-21)24(29-20)32-7-9-34-10-8-32/h3,6,11-14,16H,4-5,7-10H2,1-2H3,(H,26,27)(H,28,33). The maximum Gasteiger partial charge on any atom is 0.273 e. The summed E-state index contributed by atoms with van der Waals surface area (Å²) >= 11 is 0. The summed E-state index contributed by atoms with van der Waals surface area (Å²) in [5.41, 5.74) is 6.96. The van der Waals surface area contributed by atoms with Gasteiger partial charge in [0.15, 0.2) is 5.82 Å². The highest BCUT2D eigenvalue weighted by Gasteiger charge is 2.28. The number of H-pyrrole nitrogens is 1. The molecule has 34 heavy (non-hydrogen) atoms. The third-order valence-electron chi connectivity index (χ3n) is 6.60. The minimum absolute atomic E-state index is 0.164. The molecule has 1 aliphatic heterocycles. The number of pyridine rings is 1. The van der Waals surface area contributed by atoms with Crippen LogP contribution in [0.5, 0.6) is 0 Å². The van der Waals surface area contributed by atoms with Gasteiger partial charge in [-0.1, -0.05) is 6.07 Å². The summed E-state index contributed by atoms with van der Waals surface area (Å²) < 4.78 is 7.19. The molecular formula is C25H27N7O2. The van der Waals surface area contributed by atoms with Crippen LogP contribution in [0.2, 0.25) is 0 Å². The Morgan fingerprint density at radius 2 is 2.00 bits per heavy atom. The molecule has 1 amide bonds. The van der Waals surface area contributed by atoms with Crippen molar-refractivity contribution in [3.05, 3.63) is 53.6 Å². The van der Waals surface area contributed by atoms with Crippen molar-refractivity contribution in [2.75, 3.05) is 36.5 Å². The van der Waals surface area contributed by atoms with Gasteiger partial charge >= 0.3 is 0 Å². The number of morpholine rings is 1. The van der Waals surface area contributed by atoms with E-state index in [-0.39, 0.29) is 5.91 Å². The summed E-state index contributed by atoms with van der Waals surface area (Å²) in [5, 5.41) is 7.56. The SMILES string of the molecule is Cc1ccc(NC(=O)c2cc(C3CC3)nn2C)cc1-c1cc2[nH]cnc2c(N2CCOCC2)n1. The van der Waals surface area contributed by atoms with E-state index in [1.165, 1.54) is 0 Å². The molecule has 4 aromatic rings. The number of anilines is 2. The second-order valence-corrected chi connectivity index (χ2v) is 9.07. The van der Waals surface area contributed by atoms with Crippen LogP contribution in [0, 0.1) is 6.92 Å². The highest BCUT2D eigenvalue weighted by molar-refractivity contribution is 6.03. The van der Waals surface area contributed by atoms with Crippen molar-refractivity contribution in [2.45, 2.75) is 25.7 Å². The van der Waals surface area contributed by atoms with E-state index in [2.05, 4.69) is 32.2 Å². The first kappa shape index (κ1) is 20.9. The number of aromatic nitrogens is 5. The molecule has 6 rings (SSSR count). The Balaban J connectivity index is 1.33. The molecule has 1 saturated carbocycles. The van der Waals surface area contributed by atoms with Gasteiger partial charge in [0.25, 0.3) is 5.91 Å². The zero-order chi connectivity index (χ0) is 23.2. The van der Waals surface area contributed by atoms with Crippen molar-refractivity contribution in [1.29, 1.82) is 0 Å². The Morgan fingerprint density at radius 3 is 2.79 bits per heavy atom. The van der Waals surface area contributed by atoms with E-state index in [0.29, 0.717) is 24.8 Å². The van der Waals surface area contributed by atoms with Crippen LogP contribution in [0.3, 0.4) is 0 Å². The Labute approximate surface area is 197 Å². The second-order valence-electron chi connectivity index (χ2n) is 9.07. The number of carbonyl (C=O) groups excluding carboxylic acids is 1. The lowest BCUT2D eigenvalue weighted by atomic mass is 10.0. The maximum atomic E-state index is 13.0. The van der Waals surface area contributed by atoms with Crippen molar-refractivity contribution < 1.29 is 9.53 Å². The molecule has 9 nitrogen and oxygen atoms in total. The molecule has 174 valence electrons. The molecule has 1 saturated heterocycles. The largest absolute Gasteiger partial charge is 0.378 e. The fourth-order valence-electron chi connectivity index (χ4n) is 4.51. The van der Waals surface area contributed by atoms with E-state index < -0.39 is 0 Å². The number of benzene rings is 1. The van der Waals surface area contributed by atoms with Crippen molar-refractivity contribution in [3.63, 3.8) is 0 Å². The van der Waals surface area contributed by atoms with E-state index >= 15 is 0 Å². The van der Waals surface area contributed by atoms with Crippen molar-refractivity contribution in [2.24, 2.45) is 7.05 Å². The first-order chi connectivity index (χ1) is 16.6. The fraction of sp³-hybridized carbons (Fsp3) is 0.360. The van der Waals surface area contributed by atoms with Gasteiger partial charge in [-0.3, -0.25) is 9.48 Å². The number of imidazole rings is 1. The molecule has 4 heterocycles. The first-order valence-corrected chi connectivity index (χ1v) is 11.7. The summed E-state index contributed by atoms with van der Waals surface area (Å²) in [4.78, 5) is 28.0. The lowest BCUT2D eigenvalue weighted by Crippen LogP contribution is -2.37. The molecule has 0 bridgehead atoms.